The maximum absolute atomic E-state index is 15.2. The quantitative estimate of drug-likeness (QED) is 0.174. The molecule has 0 bridgehead atoms. The highest BCUT2D eigenvalue weighted by atomic mass is 19.2. The van der Waals surface area contributed by atoms with Crippen LogP contribution >= 0.6 is 0 Å². The van der Waals surface area contributed by atoms with E-state index in [-0.39, 0.29) is 53.3 Å². The third-order valence-corrected chi connectivity index (χ3v) is 9.36. The van der Waals surface area contributed by atoms with E-state index in [2.05, 4.69) is 0 Å². The molecule has 2 saturated carbocycles. The molecule has 242 valence electrons. The van der Waals surface area contributed by atoms with Crippen LogP contribution in [-0.2, 0) is 16.0 Å². The minimum Gasteiger partial charge on any atom is -0.491 e. The summed E-state index contributed by atoms with van der Waals surface area (Å²) in [5.41, 5.74) is 0.121. The van der Waals surface area contributed by atoms with Gasteiger partial charge in [-0.1, -0.05) is 37.6 Å². The number of carbonyl (C=O) groups is 1. The third-order valence-electron chi connectivity index (χ3n) is 9.36. The van der Waals surface area contributed by atoms with E-state index in [0.29, 0.717) is 68.9 Å². The molecule has 0 spiro atoms. The predicted molar refractivity (Wildman–Crippen MR) is 159 cm³/mol. The van der Waals surface area contributed by atoms with Crippen molar-refractivity contribution in [1.29, 1.82) is 0 Å². The summed E-state index contributed by atoms with van der Waals surface area (Å²) < 4.78 is 99.4. The molecule has 3 aromatic carbocycles. The Morgan fingerprint density at radius 1 is 0.644 bits per heavy atom. The fourth-order valence-electron chi connectivity index (χ4n) is 6.87. The van der Waals surface area contributed by atoms with Gasteiger partial charge >= 0.3 is 5.97 Å². The second kappa shape index (κ2) is 14.3. The number of benzene rings is 3. The first-order valence-electron chi connectivity index (χ1n) is 15.9. The van der Waals surface area contributed by atoms with Crippen LogP contribution in [0.3, 0.4) is 0 Å². The van der Waals surface area contributed by atoms with Crippen LogP contribution in [-0.4, -0.2) is 18.7 Å². The molecule has 3 nitrogen and oxygen atoms in total. The molecular weight excluding hydrogens is 594 g/mol. The van der Waals surface area contributed by atoms with Crippen LogP contribution in [0.5, 0.6) is 5.75 Å². The molecule has 0 saturated heterocycles. The van der Waals surface area contributed by atoms with Gasteiger partial charge in [-0.15, -0.1) is 0 Å². The highest BCUT2D eigenvalue weighted by molar-refractivity contribution is 5.72. The Hall–Kier alpha value is -3.49. The zero-order chi connectivity index (χ0) is 32.2. The molecule has 0 amide bonds. The van der Waals surface area contributed by atoms with Crippen molar-refractivity contribution < 1.29 is 40.6 Å². The number of hydrogen-bond acceptors (Lipinski definition) is 3. The van der Waals surface area contributed by atoms with Gasteiger partial charge in [0.05, 0.1) is 12.5 Å². The minimum atomic E-state index is -1.31. The number of ether oxygens (including phenoxy) is 2. The van der Waals surface area contributed by atoms with E-state index in [0.717, 1.165) is 12.5 Å². The maximum Gasteiger partial charge on any atom is 0.309 e. The van der Waals surface area contributed by atoms with Crippen molar-refractivity contribution in [2.45, 2.75) is 96.0 Å². The van der Waals surface area contributed by atoms with E-state index in [1.54, 1.807) is 19.1 Å². The molecule has 0 unspecified atom stereocenters. The topological polar surface area (TPSA) is 35.5 Å². The number of esters is 1. The number of aryl methyl sites for hydroxylation is 1. The summed E-state index contributed by atoms with van der Waals surface area (Å²) in [4.78, 5) is 12.9. The first-order chi connectivity index (χ1) is 21.6. The zero-order valence-electron chi connectivity index (χ0n) is 25.5. The molecule has 45 heavy (non-hydrogen) atoms. The maximum atomic E-state index is 15.2. The molecule has 5 rings (SSSR count). The first kappa shape index (κ1) is 32.9. The van der Waals surface area contributed by atoms with Crippen LogP contribution in [0.4, 0.5) is 26.3 Å². The molecule has 0 N–H and O–H groups in total. The molecule has 0 heterocycles. The summed E-state index contributed by atoms with van der Waals surface area (Å²) in [7, 11) is 0. The van der Waals surface area contributed by atoms with Crippen LogP contribution in [0.2, 0.25) is 0 Å². The summed E-state index contributed by atoms with van der Waals surface area (Å²) >= 11 is 0. The molecule has 9 heteroatoms. The summed E-state index contributed by atoms with van der Waals surface area (Å²) in [6, 6.07) is 8.34. The fraction of sp³-hybridized carbons (Fsp3) is 0.472. The Morgan fingerprint density at radius 2 is 1.18 bits per heavy atom. The van der Waals surface area contributed by atoms with Crippen molar-refractivity contribution in [2.75, 3.05) is 6.61 Å². The lowest BCUT2D eigenvalue weighted by molar-refractivity contribution is -0.157. The van der Waals surface area contributed by atoms with Crippen molar-refractivity contribution in [3.05, 3.63) is 88.0 Å². The summed E-state index contributed by atoms with van der Waals surface area (Å²) in [5.74, 6) is -7.90. The standard InChI is InChI=1S/C36H38F6O3/c1-3-5-22-12-15-25(31(38)30(22)37)20-6-8-23(9-7-20)36(43)45-24-13-10-21(11-14-24)26-16-17-27(33(40)32(26)39)28-18-19-29(44-4-2)35(42)34(28)41/h12,15-21,23-24H,3-11,13-14H2,1-2H3. The molecule has 2 aliphatic rings. The van der Waals surface area contributed by atoms with Gasteiger partial charge in [-0.05, 0) is 105 Å². The Kier molecular flexibility index (Phi) is 10.4. The lowest BCUT2D eigenvalue weighted by Gasteiger charge is -2.32. The average molecular weight is 633 g/mol. The van der Waals surface area contributed by atoms with Gasteiger partial charge in [-0.3, -0.25) is 4.79 Å². The van der Waals surface area contributed by atoms with Gasteiger partial charge < -0.3 is 9.47 Å². The van der Waals surface area contributed by atoms with Crippen LogP contribution in [0.25, 0.3) is 11.1 Å². The molecule has 0 aromatic heterocycles. The largest absolute Gasteiger partial charge is 0.491 e. The van der Waals surface area contributed by atoms with E-state index >= 15 is 8.78 Å². The van der Waals surface area contributed by atoms with E-state index in [4.69, 9.17) is 9.47 Å². The Balaban J connectivity index is 1.15. The van der Waals surface area contributed by atoms with E-state index < -0.39 is 40.5 Å². The summed E-state index contributed by atoms with van der Waals surface area (Å²) in [6.45, 7) is 3.65. The van der Waals surface area contributed by atoms with Crippen LogP contribution in [0.1, 0.15) is 100 Å². The SMILES string of the molecule is CCCc1ccc(C2CCC(C(=O)OC3CCC(c4ccc(-c5ccc(OCC)c(F)c5F)c(F)c4F)CC3)CC2)c(F)c1F. The highest BCUT2D eigenvalue weighted by Gasteiger charge is 2.34. The van der Waals surface area contributed by atoms with Crippen molar-refractivity contribution in [1.82, 2.24) is 0 Å². The molecule has 2 fully saturated rings. The number of carbonyl (C=O) groups excluding carboxylic acids is 1. The van der Waals surface area contributed by atoms with Crippen molar-refractivity contribution in [2.24, 2.45) is 5.92 Å². The number of halogens is 6. The van der Waals surface area contributed by atoms with Gasteiger partial charge in [0.2, 0.25) is 5.82 Å². The van der Waals surface area contributed by atoms with Gasteiger partial charge in [0, 0.05) is 11.1 Å². The first-order valence-corrected chi connectivity index (χ1v) is 15.9. The second-order valence-corrected chi connectivity index (χ2v) is 12.2. The zero-order valence-corrected chi connectivity index (χ0v) is 25.5. The Labute approximate surface area is 259 Å². The third kappa shape index (κ3) is 6.87. The van der Waals surface area contributed by atoms with Gasteiger partial charge in [0.1, 0.15) is 6.10 Å². The van der Waals surface area contributed by atoms with Crippen LogP contribution in [0, 0.1) is 40.8 Å². The van der Waals surface area contributed by atoms with Crippen molar-refractivity contribution >= 4 is 5.97 Å². The number of rotatable bonds is 9. The minimum absolute atomic E-state index is 0.121. The summed E-state index contributed by atoms with van der Waals surface area (Å²) in [5, 5.41) is 0. The smallest absolute Gasteiger partial charge is 0.309 e. The van der Waals surface area contributed by atoms with Gasteiger partial charge in [-0.25, -0.2) is 22.0 Å². The predicted octanol–water partition coefficient (Wildman–Crippen LogP) is 10.1. The van der Waals surface area contributed by atoms with Gasteiger partial charge in [0.25, 0.3) is 0 Å². The van der Waals surface area contributed by atoms with Gasteiger partial charge in [-0.2, -0.15) is 4.39 Å². The van der Waals surface area contributed by atoms with Crippen LogP contribution < -0.4 is 4.74 Å². The van der Waals surface area contributed by atoms with Crippen molar-refractivity contribution in [3.8, 4) is 16.9 Å². The molecule has 0 atom stereocenters. The average Bonchev–Trinajstić information content (AvgIpc) is 3.04. The normalized spacial score (nSPS) is 21.9. The molecule has 0 aliphatic heterocycles. The van der Waals surface area contributed by atoms with Crippen LogP contribution in [0.15, 0.2) is 36.4 Å². The molecular formula is C36H38F6O3. The molecule has 0 radical (unpaired) electrons. The van der Waals surface area contributed by atoms with Gasteiger partial charge in [0.15, 0.2) is 34.8 Å². The second-order valence-electron chi connectivity index (χ2n) is 12.2. The van der Waals surface area contributed by atoms with E-state index in [9.17, 15) is 22.4 Å². The lowest BCUT2D eigenvalue weighted by atomic mass is 9.78. The highest BCUT2D eigenvalue weighted by Crippen LogP contribution is 2.41. The van der Waals surface area contributed by atoms with E-state index in [1.165, 1.54) is 18.2 Å². The Morgan fingerprint density at radius 3 is 1.78 bits per heavy atom. The molecule has 3 aromatic rings. The lowest BCUT2D eigenvalue weighted by Crippen LogP contribution is -2.30. The Bertz CT molecular complexity index is 1520. The van der Waals surface area contributed by atoms with E-state index in [1.807, 2.05) is 6.92 Å². The molecule has 2 aliphatic carbocycles. The summed E-state index contributed by atoms with van der Waals surface area (Å²) in [6.07, 6.45) is 4.89. The fourth-order valence-corrected chi connectivity index (χ4v) is 6.87. The van der Waals surface area contributed by atoms with Crippen molar-refractivity contribution in [3.63, 3.8) is 0 Å². The monoisotopic (exact) mass is 632 g/mol. The number of hydrogen-bond donors (Lipinski definition) is 0.